The molecular formula is C51H60N6O7S2. The van der Waals surface area contributed by atoms with Crippen LogP contribution in [0.2, 0.25) is 0 Å². The maximum absolute atomic E-state index is 13.0. The third-order valence-electron chi connectivity index (χ3n) is 12.5. The zero-order chi connectivity index (χ0) is 46.3. The number of benzene rings is 2. The number of thiophene rings is 2. The van der Waals surface area contributed by atoms with E-state index in [1.54, 1.807) is 64.3 Å². The normalized spacial score (nSPS) is 14.3. The maximum Gasteiger partial charge on any atom is 0.261 e. The van der Waals surface area contributed by atoms with Crippen molar-refractivity contribution < 1.29 is 33.4 Å². The molecule has 8 rings (SSSR count). The van der Waals surface area contributed by atoms with Crippen molar-refractivity contribution in [2.75, 3.05) is 60.6 Å². The Labute approximate surface area is 394 Å². The number of methoxy groups -OCH3 is 3. The summed E-state index contributed by atoms with van der Waals surface area (Å²) in [5.74, 6) is 3.33. The summed E-state index contributed by atoms with van der Waals surface area (Å²) in [7, 11) is 4.79. The number of aromatic nitrogens is 2. The molecule has 0 radical (unpaired) electrons. The Morgan fingerprint density at radius 2 is 1.08 bits per heavy atom. The van der Waals surface area contributed by atoms with Crippen molar-refractivity contribution in [2.45, 2.75) is 64.2 Å². The lowest BCUT2D eigenvalue weighted by molar-refractivity contribution is 0.0676. The molecule has 0 bridgehead atoms. The number of amides is 4. The zero-order valence-electron chi connectivity index (χ0n) is 38.1. The van der Waals surface area contributed by atoms with Gasteiger partial charge in [-0.3, -0.25) is 29.1 Å². The quantitative estimate of drug-likeness (QED) is 0.0852. The molecule has 6 aromatic rings. The highest BCUT2D eigenvalue weighted by Gasteiger charge is 2.26. The number of hydrogen-bond donors (Lipinski definition) is 2. The fourth-order valence-corrected chi connectivity index (χ4v) is 10.5. The van der Waals surface area contributed by atoms with Gasteiger partial charge in [-0.1, -0.05) is 25.7 Å². The summed E-state index contributed by atoms with van der Waals surface area (Å²) in [4.78, 5) is 64.0. The lowest BCUT2D eigenvalue weighted by Gasteiger charge is -2.32. The number of pyridine rings is 2. The number of hydrogen-bond acceptors (Lipinski definition) is 11. The molecular weight excluding hydrogens is 873 g/mol. The summed E-state index contributed by atoms with van der Waals surface area (Å²) in [6.45, 7) is 4.50. The molecule has 0 saturated carbocycles. The van der Waals surface area contributed by atoms with Gasteiger partial charge in [-0.25, -0.2) is 0 Å². The first kappa shape index (κ1) is 47.9. The van der Waals surface area contributed by atoms with Crippen LogP contribution in [0.25, 0.3) is 20.2 Å². The number of nitrogens with zero attached hydrogens (tertiary/aromatic N) is 4. The van der Waals surface area contributed by atoms with Crippen LogP contribution in [0.1, 0.15) is 104 Å². The minimum absolute atomic E-state index is 0.00319. The van der Waals surface area contributed by atoms with Crippen LogP contribution in [0.15, 0.2) is 91.5 Å². The Hall–Kier alpha value is -6.06. The number of unbranched alkanes of at least 4 members (excludes halogenated alkanes) is 2. The van der Waals surface area contributed by atoms with Crippen molar-refractivity contribution in [1.29, 1.82) is 0 Å². The first-order valence-electron chi connectivity index (χ1n) is 22.9. The van der Waals surface area contributed by atoms with E-state index in [2.05, 4.69) is 20.6 Å². The van der Waals surface area contributed by atoms with Gasteiger partial charge in [-0.05, 0) is 128 Å². The van der Waals surface area contributed by atoms with Gasteiger partial charge in [0.1, 0.15) is 17.2 Å². The second-order valence-corrected chi connectivity index (χ2v) is 19.0. The van der Waals surface area contributed by atoms with E-state index in [0.717, 1.165) is 132 Å². The number of rotatable bonds is 17. The van der Waals surface area contributed by atoms with E-state index < -0.39 is 0 Å². The molecule has 2 N–H and O–H groups in total. The van der Waals surface area contributed by atoms with Crippen LogP contribution < -0.4 is 24.8 Å². The van der Waals surface area contributed by atoms with Crippen LogP contribution in [0, 0.1) is 11.8 Å². The smallest absolute Gasteiger partial charge is 0.261 e. The van der Waals surface area contributed by atoms with E-state index in [1.165, 1.54) is 22.7 Å². The highest BCUT2D eigenvalue weighted by molar-refractivity contribution is 7.21. The van der Waals surface area contributed by atoms with Crippen LogP contribution in [0.4, 0.5) is 0 Å². The first-order chi connectivity index (χ1) is 32.2. The first-order valence-corrected chi connectivity index (χ1v) is 24.5. The number of piperidine rings is 2. The van der Waals surface area contributed by atoms with Crippen LogP contribution >= 0.6 is 22.7 Å². The van der Waals surface area contributed by atoms with Crippen molar-refractivity contribution in [1.82, 2.24) is 30.4 Å². The molecule has 348 valence electrons. The molecule has 6 heterocycles. The minimum Gasteiger partial charge on any atom is -0.497 e. The van der Waals surface area contributed by atoms with Crippen molar-refractivity contribution in [3.8, 4) is 17.2 Å². The summed E-state index contributed by atoms with van der Waals surface area (Å²) in [6, 6.07) is 20.3. The molecule has 4 amide bonds. The average Bonchev–Trinajstić information content (AvgIpc) is 4.02. The third-order valence-corrected chi connectivity index (χ3v) is 14.7. The molecule has 4 aromatic heterocycles. The number of ether oxygens (including phenoxy) is 3. The summed E-state index contributed by atoms with van der Waals surface area (Å²) < 4.78 is 17.9. The number of carbonyl (C=O) groups is 4. The van der Waals surface area contributed by atoms with E-state index in [9.17, 15) is 19.2 Å². The molecule has 0 aliphatic carbocycles. The minimum atomic E-state index is -0.0130. The fourth-order valence-electron chi connectivity index (χ4n) is 8.60. The van der Waals surface area contributed by atoms with Crippen LogP contribution in [0.5, 0.6) is 17.2 Å². The standard InChI is InChI=1S/C26H31N3O4S.C25H29N3O3S/c1-32-20-6-7-22(33-2)21(16-20)26(31)29-13-9-18(10-14-29)5-3-4-11-28-25(30)23-15-19-8-12-27-17-24(19)34-23;1-31-21-7-5-19(6-8-21)25(30)28-14-10-18(11-15-28)4-2-3-12-27-24(29)22-16-20-9-13-26-17-23(20)32-22/h6-8,12,15-18H,3-5,9-11,13-14H2,1-2H3,(H,28,30);5-9,13,16-18H,2-4,10-12,14-15H2,1H3,(H,27,29). The van der Waals surface area contributed by atoms with Gasteiger partial charge in [0.25, 0.3) is 23.6 Å². The SMILES string of the molecule is COc1ccc(C(=O)N2CCC(CCCCNC(=O)c3cc4ccncc4s3)CC2)cc1.COc1ccc(OC)c(C(=O)N2CCC(CCCCNC(=O)c3cc4ccncc4s3)CC2)c1. The number of nitrogens with one attached hydrogen (secondary N) is 2. The Morgan fingerprint density at radius 3 is 1.55 bits per heavy atom. The van der Waals surface area contributed by atoms with Crippen molar-refractivity contribution in [3.63, 3.8) is 0 Å². The van der Waals surface area contributed by atoms with Gasteiger partial charge in [0.2, 0.25) is 0 Å². The van der Waals surface area contributed by atoms with E-state index in [0.29, 0.717) is 42.0 Å². The number of carbonyl (C=O) groups excluding carboxylic acids is 4. The van der Waals surface area contributed by atoms with Crippen molar-refractivity contribution >= 4 is 66.5 Å². The zero-order valence-corrected chi connectivity index (χ0v) is 39.7. The second kappa shape index (κ2) is 23.9. The van der Waals surface area contributed by atoms with Gasteiger partial charge >= 0.3 is 0 Å². The molecule has 66 heavy (non-hydrogen) atoms. The highest BCUT2D eigenvalue weighted by Crippen LogP contribution is 2.30. The Morgan fingerprint density at radius 1 is 0.591 bits per heavy atom. The van der Waals surface area contributed by atoms with Gasteiger partial charge in [0, 0.05) is 69.6 Å². The predicted octanol–water partition coefficient (Wildman–Crippen LogP) is 9.52. The molecule has 2 aliphatic heterocycles. The third kappa shape index (κ3) is 12.8. The second-order valence-electron chi connectivity index (χ2n) is 16.8. The van der Waals surface area contributed by atoms with E-state index in [4.69, 9.17) is 14.2 Å². The molecule has 0 spiro atoms. The molecule has 2 fully saturated rings. The van der Waals surface area contributed by atoms with Crippen LogP contribution in [-0.2, 0) is 0 Å². The average molecular weight is 933 g/mol. The molecule has 15 heteroatoms. The predicted molar refractivity (Wildman–Crippen MR) is 261 cm³/mol. The van der Waals surface area contributed by atoms with Gasteiger partial charge in [-0.2, -0.15) is 0 Å². The molecule has 13 nitrogen and oxygen atoms in total. The largest absolute Gasteiger partial charge is 0.497 e. The summed E-state index contributed by atoms with van der Waals surface area (Å²) in [5.41, 5.74) is 1.26. The van der Waals surface area contributed by atoms with Crippen LogP contribution in [0.3, 0.4) is 0 Å². The topological polar surface area (TPSA) is 152 Å². The fraction of sp³-hybridized carbons (Fsp3) is 0.412. The molecule has 2 saturated heterocycles. The molecule has 2 aromatic carbocycles. The maximum atomic E-state index is 13.0. The van der Waals surface area contributed by atoms with Gasteiger partial charge in [-0.15, -0.1) is 22.7 Å². The molecule has 0 unspecified atom stereocenters. The lowest BCUT2D eigenvalue weighted by Crippen LogP contribution is -2.38. The molecule has 2 aliphatic rings. The Bertz CT molecular complexity index is 2480. The van der Waals surface area contributed by atoms with E-state index in [1.807, 2.05) is 58.3 Å². The summed E-state index contributed by atoms with van der Waals surface area (Å²) in [5, 5.41) is 8.19. The highest BCUT2D eigenvalue weighted by atomic mass is 32.1. The number of likely N-dealkylation sites (tertiary alicyclic amines) is 2. The summed E-state index contributed by atoms with van der Waals surface area (Å²) in [6.07, 6.45) is 17.5. The lowest BCUT2D eigenvalue weighted by atomic mass is 9.91. The van der Waals surface area contributed by atoms with Crippen molar-refractivity contribution in [3.05, 3.63) is 112 Å². The molecule has 0 atom stereocenters. The van der Waals surface area contributed by atoms with Gasteiger partial charge < -0.3 is 34.6 Å². The van der Waals surface area contributed by atoms with E-state index >= 15 is 0 Å². The van der Waals surface area contributed by atoms with Crippen molar-refractivity contribution in [2.24, 2.45) is 11.8 Å². The van der Waals surface area contributed by atoms with Gasteiger partial charge in [0.05, 0.1) is 46.0 Å². The van der Waals surface area contributed by atoms with Crippen LogP contribution in [-0.4, -0.2) is 104 Å². The monoisotopic (exact) mass is 932 g/mol. The number of fused-ring (bicyclic) bond motifs is 2. The van der Waals surface area contributed by atoms with Gasteiger partial charge in [0.15, 0.2) is 0 Å². The Kier molecular flexibility index (Phi) is 17.4. The summed E-state index contributed by atoms with van der Waals surface area (Å²) >= 11 is 2.96. The Balaban J connectivity index is 0.000000197. The van der Waals surface area contributed by atoms with E-state index in [-0.39, 0.29) is 23.6 Å².